The first-order chi connectivity index (χ1) is 19.9. The standard InChI is InChI=1S/C37H59F3P/c1-3-5-7-9-11-13-15-17-19-24-32-41(35-26-22-21-23-27-35,36-30-28-34(29-31-36)37(38,39)40)33-25-20-18-16-14-12-10-8-6-4-2/h21-23,26-31H,3-20,24-25,32-33H2,1-2H3/q+1. The molecule has 0 spiro atoms. The molecule has 0 aliphatic carbocycles. The number of alkyl halides is 3. The third-order valence-corrected chi connectivity index (χ3v) is 13.5. The smallest absolute Gasteiger partial charge is 0.166 e. The molecule has 0 bridgehead atoms. The minimum absolute atomic E-state index is 0.537. The molecule has 0 aliphatic rings. The van der Waals surface area contributed by atoms with Crippen LogP contribution in [0.3, 0.4) is 0 Å². The van der Waals surface area contributed by atoms with Crippen LogP contribution in [0.15, 0.2) is 54.6 Å². The van der Waals surface area contributed by atoms with Crippen molar-refractivity contribution in [1.29, 1.82) is 0 Å². The molecule has 0 saturated carbocycles. The van der Waals surface area contributed by atoms with Crippen molar-refractivity contribution in [1.82, 2.24) is 0 Å². The van der Waals surface area contributed by atoms with Gasteiger partial charge in [-0.25, -0.2) is 0 Å². The fourth-order valence-electron chi connectivity index (χ4n) is 6.16. The Morgan fingerprint density at radius 1 is 0.439 bits per heavy atom. The molecule has 0 aromatic heterocycles. The van der Waals surface area contributed by atoms with Crippen LogP contribution in [0.2, 0.25) is 0 Å². The second-order valence-corrected chi connectivity index (χ2v) is 16.0. The predicted molar refractivity (Wildman–Crippen MR) is 177 cm³/mol. The van der Waals surface area contributed by atoms with Crippen LogP contribution in [0.25, 0.3) is 0 Å². The van der Waals surface area contributed by atoms with E-state index in [1.54, 1.807) is 0 Å². The van der Waals surface area contributed by atoms with Gasteiger partial charge < -0.3 is 0 Å². The Bertz CT molecular complexity index is 851. The summed E-state index contributed by atoms with van der Waals surface area (Å²) >= 11 is 0. The second kappa shape index (κ2) is 21.4. The van der Waals surface area contributed by atoms with Gasteiger partial charge in [0.05, 0.1) is 35.8 Å². The van der Waals surface area contributed by atoms with Gasteiger partial charge in [0.25, 0.3) is 0 Å². The van der Waals surface area contributed by atoms with Gasteiger partial charge in [-0.3, -0.25) is 0 Å². The van der Waals surface area contributed by atoms with Crippen LogP contribution >= 0.6 is 7.26 Å². The lowest BCUT2D eigenvalue weighted by Crippen LogP contribution is -2.28. The van der Waals surface area contributed by atoms with Crippen LogP contribution in [0.4, 0.5) is 13.2 Å². The van der Waals surface area contributed by atoms with E-state index in [1.807, 2.05) is 12.1 Å². The maximum Gasteiger partial charge on any atom is 0.416 e. The molecule has 0 fully saturated rings. The zero-order valence-electron chi connectivity index (χ0n) is 26.3. The van der Waals surface area contributed by atoms with Gasteiger partial charge in [0.15, 0.2) is 0 Å². The highest BCUT2D eigenvalue weighted by Gasteiger charge is 2.42. The molecule has 0 heterocycles. The molecule has 0 saturated heterocycles. The molecule has 0 N–H and O–H groups in total. The summed E-state index contributed by atoms with van der Waals surface area (Å²) in [5.41, 5.74) is -0.537. The number of halogens is 3. The minimum atomic E-state index is -4.29. The second-order valence-electron chi connectivity index (χ2n) is 12.2. The largest absolute Gasteiger partial charge is 0.416 e. The maximum absolute atomic E-state index is 13.4. The molecule has 0 amide bonds. The molecule has 0 radical (unpaired) electrons. The first-order valence-electron chi connectivity index (χ1n) is 17.0. The minimum Gasteiger partial charge on any atom is -0.166 e. The molecule has 0 atom stereocenters. The van der Waals surface area contributed by atoms with E-state index >= 15 is 0 Å². The Balaban J connectivity index is 2.04. The molecule has 0 aliphatic heterocycles. The third-order valence-electron chi connectivity index (χ3n) is 8.73. The number of hydrogen-bond acceptors (Lipinski definition) is 0. The lowest BCUT2D eigenvalue weighted by Gasteiger charge is -2.28. The van der Waals surface area contributed by atoms with E-state index in [-0.39, 0.29) is 0 Å². The average molecular weight is 592 g/mol. The van der Waals surface area contributed by atoms with Gasteiger partial charge in [-0.15, -0.1) is 0 Å². The Morgan fingerprint density at radius 3 is 1.15 bits per heavy atom. The molecule has 232 valence electrons. The van der Waals surface area contributed by atoms with Gasteiger partial charge in [0.1, 0.15) is 0 Å². The van der Waals surface area contributed by atoms with Crippen LogP contribution in [0, 0.1) is 0 Å². The van der Waals surface area contributed by atoms with Gasteiger partial charge in [-0.2, -0.15) is 13.2 Å². The zero-order valence-corrected chi connectivity index (χ0v) is 27.2. The zero-order chi connectivity index (χ0) is 29.7. The predicted octanol–water partition coefficient (Wildman–Crippen LogP) is 12.5. The van der Waals surface area contributed by atoms with E-state index in [4.69, 9.17) is 0 Å². The van der Waals surface area contributed by atoms with E-state index in [2.05, 4.69) is 44.2 Å². The van der Waals surface area contributed by atoms with Gasteiger partial charge in [-0.05, 0) is 62.1 Å². The molecule has 41 heavy (non-hydrogen) atoms. The topological polar surface area (TPSA) is 0 Å². The van der Waals surface area contributed by atoms with Crippen LogP contribution < -0.4 is 10.6 Å². The van der Waals surface area contributed by atoms with Crippen molar-refractivity contribution >= 4 is 17.9 Å². The molecule has 0 unspecified atom stereocenters. The summed E-state index contributed by atoms with van der Waals surface area (Å²) in [6.07, 6.45) is 24.0. The monoisotopic (exact) mass is 591 g/mol. The first-order valence-corrected chi connectivity index (χ1v) is 19.2. The summed E-state index contributed by atoms with van der Waals surface area (Å²) in [5.74, 6) is 0. The molecule has 4 heteroatoms. The summed E-state index contributed by atoms with van der Waals surface area (Å²) in [7, 11) is -1.79. The van der Waals surface area contributed by atoms with Gasteiger partial charge in [0, 0.05) is 0 Å². The van der Waals surface area contributed by atoms with Crippen molar-refractivity contribution in [2.75, 3.05) is 12.3 Å². The number of benzene rings is 2. The highest BCUT2D eigenvalue weighted by atomic mass is 31.2. The third kappa shape index (κ3) is 14.1. The molecule has 2 aromatic carbocycles. The van der Waals surface area contributed by atoms with Gasteiger partial charge in [0.2, 0.25) is 0 Å². The SMILES string of the molecule is CCCCCCCCCCCC[P+](CCCCCCCCCCCC)(c1ccccc1)c1ccc(C(F)(F)F)cc1. The van der Waals surface area contributed by atoms with Crippen molar-refractivity contribution in [2.45, 2.75) is 148 Å². The average Bonchev–Trinajstić information content (AvgIpc) is 2.98. The summed E-state index contributed by atoms with van der Waals surface area (Å²) < 4.78 is 40.3. The summed E-state index contributed by atoms with van der Waals surface area (Å²) in [5, 5.41) is 2.52. The normalized spacial score (nSPS) is 12.2. The van der Waals surface area contributed by atoms with Crippen molar-refractivity contribution in [3.63, 3.8) is 0 Å². The number of rotatable bonds is 24. The van der Waals surface area contributed by atoms with Gasteiger partial charge in [-0.1, -0.05) is 135 Å². The van der Waals surface area contributed by atoms with Crippen LogP contribution in [0.5, 0.6) is 0 Å². The first kappa shape index (κ1) is 35.9. The highest BCUT2D eigenvalue weighted by molar-refractivity contribution is 7.89. The van der Waals surface area contributed by atoms with Crippen molar-refractivity contribution < 1.29 is 13.2 Å². The Labute approximate surface area is 251 Å². The Kier molecular flexibility index (Phi) is 18.7. The van der Waals surface area contributed by atoms with Crippen molar-refractivity contribution in [3.05, 3.63) is 60.2 Å². The summed E-state index contributed by atoms with van der Waals surface area (Å²) in [4.78, 5) is 0. The maximum atomic E-state index is 13.4. The molecule has 2 aromatic rings. The lowest BCUT2D eigenvalue weighted by molar-refractivity contribution is -0.137. The Morgan fingerprint density at radius 2 is 0.780 bits per heavy atom. The number of hydrogen-bond donors (Lipinski definition) is 0. The van der Waals surface area contributed by atoms with Crippen LogP contribution in [0.1, 0.15) is 148 Å². The summed E-state index contributed by atoms with van der Waals surface area (Å²) in [6, 6.07) is 17.1. The van der Waals surface area contributed by atoms with Crippen molar-refractivity contribution in [3.8, 4) is 0 Å². The van der Waals surface area contributed by atoms with Crippen LogP contribution in [-0.2, 0) is 6.18 Å². The molecular weight excluding hydrogens is 532 g/mol. The fraction of sp³-hybridized carbons (Fsp3) is 0.676. The van der Waals surface area contributed by atoms with E-state index in [0.29, 0.717) is 0 Å². The quantitative estimate of drug-likeness (QED) is 0.0841. The van der Waals surface area contributed by atoms with E-state index in [1.165, 1.54) is 133 Å². The van der Waals surface area contributed by atoms with E-state index in [0.717, 1.165) is 30.5 Å². The number of unbranched alkanes of at least 4 members (excludes halogenated alkanes) is 18. The van der Waals surface area contributed by atoms with E-state index in [9.17, 15) is 13.2 Å². The molecular formula is C37H59F3P+. The molecule has 2 rings (SSSR count). The lowest BCUT2D eigenvalue weighted by atomic mass is 10.1. The van der Waals surface area contributed by atoms with Gasteiger partial charge >= 0.3 is 6.18 Å². The summed E-state index contributed by atoms with van der Waals surface area (Å²) in [6.45, 7) is 4.53. The van der Waals surface area contributed by atoms with E-state index < -0.39 is 19.0 Å². The fourth-order valence-corrected chi connectivity index (χ4v) is 10.7. The molecule has 0 nitrogen and oxygen atoms in total. The van der Waals surface area contributed by atoms with Crippen LogP contribution in [-0.4, -0.2) is 12.3 Å². The highest BCUT2D eigenvalue weighted by Crippen LogP contribution is 2.58. The van der Waals surface area contributed by atoms with Crippen molar-refractivity contribution in [2.24, 2.45) is 0 Å². The Hall–Kier alpha value is -1.34.